The normalized spacial score (nSPS) is 14.7. The van der Waals surface area contributed by atoms with Crippen molar-refractivity contribution in [3.63, 3.8) is 0 Å². The number of halogens is 3. The van der Waals surface area contributed by atoms with Gasteiger partial charge >= 0.3 is 6.18 Å². The van der Waals surface area contributed by atoms with E-state index < -0.39 is 11.7 Å². The first-order valence-electron chi connectivity index (χ1n) is 11.9. The number of hydrogen-bond acceptors (Lipinski definition) is 5. The third kappa shape index (κ3) is 6.97. The smallest absolute Gasteiger partial charge is 0.379 e. The molecule has 4 rings (SSSR count). The van der Waals surface area contributed by atoms with Crippen molar-refractivity contribution in [3.8, 4) is 28.5 Å². The van der Waals surface area contributed by atoms with Crippen molar-refractivity contribution in [1.82, 2.24) is 15.2 Å². The van der Waals surface area contributed by atoms with Gasteiger partial charge in [-0.3, -0.25) is 14.7 Å². The van der Waals surface area contributed by atoms with E-state index >= 15 is 0 Å². The highest BCUT2D eigenvalue weighted by Gasteiger charge is 2.31. The number of hydrogen-bond donors (Lipinski definition) is 1. The van der Waals surface area contributed by atoms with Crippen LogP contribution in [0.2, 0.25) is 0 Å². The number of morpholine rings is 1. The summed E-state index contributed by atoms with van der Waals surface area (Å²) in [6.45, 7) is 7.30. The summed E-state index contributed by atoms with van der Waals surface area (Å²) in [5, 5.41) is 12.6. The van der Waals surface area contributed by atoms with Crippen LogP contribution in [0.3, 0.4) is 0 Å². The Balaban J connectivity index is 0.00000400. The van der Waals surface area contributed by atoms with Gasteiger partial charge in [-0.25, -0.2) is 0 Å². The Morgan fingerprint density at radius 1 is 1.13 bits per heavy atom. The Morgan fingerprint density at radius 3 is 2.47 bits per heavy atom. The minimum atomic E-state index is -4.58. The molecule has 1 amide bonds. The van der Waals surface area contributed by atoms with E-state index in [0.717, 1.165) is 36.9 Å². The van der Waals surface area contributed by atoms with Crippen LogP contribution < -0.4 is 5.32 Å². The van der Waals surface area contributed by atoms with Gasteiger partial charge in [0, 0.05) is 48.6 Å². The summed E-state index contributed by atoms with van der Waals surface area (Å²) >= 11 is 0. The van der Waals surface area contributed by atoms with Crippen LogP contribution in [0.4, 0.5) is 13.2 Å². The number of carbonyl (C=O) groups is 1. The number of ether oxygens (including phenoxy) is 1. The van der Waals surface area contributed by atoms with Gasteiger partial charge in [-0.2, -0.15) is 18.4 Å². The number of amides is 1. The molecule has 2 heterocycles. The Labute approximate surface area is 221 Å². The number of pyridine rings is 1. The summed E-state index contributed by atoms with van der Waals surface area (Å²) < 4.78 is 45.8. The van der Waals surface area contributed by atoms with Crippen molar-refractivity contribution in [3.05, 3.63) is 77.0 Å². The largest absolute Gasteiger partial charge is 0.416 e. The molecular weight excluding hydrogens is 493 g/mol. The number of aromatic nitrogens is 1. The number of rotatable bonds is 6. The van der Waals surface area contributed by atoms with E-state index in [0.29, 0.717) is 36.6 Å². The van der Waals surface area contributed by atoms with Gasteiger partial charge < -0.3 is 10.1 Å². The molecule has 0 radical (unpaired) electrons. The molecule has 0 saturated carbocycles. The standard InChI is InChI=1S/C28H27F3N4O2.CH4/c1-18-3-6-26(33-16-18)22-11-21(25-14-24(28(29,30)31)5-4-20(25)15-32)12-23(13-22)27(36)34-19(2)17-35-7-9-37-10-8-35;/h3-6,11-14,16,19H,7-10,17H2,1-2H3,(H,34,36);1H4/t19-;/m1./s1. The van der Waals surface area contributed by atoms with Crippen LogP contribution in [-0.4, -0.2) is 54.7 Å². The minimum Gasteiger partial charge on any atom is -0.379 e. The Morgan fingerprint density at radius 2 is 1.84 bits per heavy atom. The Bertz CT molecular complexity index is 1310. The number of nitriles is 1. The highest BCUT2D eigenvalue weighted by molar-refractivity contribution is 5.97. The summed E-state index contributed by atoms with van der Waals surface area (Å²) in [7, 11) is 0. The van der Waals surface area contributed by atoms with Crippen LogP contribution in [0.1, 0.15) is 41.4 Å². The fourth-order valence-electron chi connectivity index (χ4n) is 4.28. The van der Waals surface area contributed by atoms with Crippen molar-refractivity contribution in [2.24, 2.45) is 0 Å². The molecule has 0 bridgehead atoms. The molecule has 2 aromatic carbocycles. The molecule has 1 N–H and O–H groups in total. The van der Waals surface area contributed by atoms with Gasteiger partial charge in [-0.1, -0.05) is 13.5 Å². The van der Waals surface area contributed by atoms with Gasteiger partial charge in [0.15, 0.2) is 0 Å². The predicted octanol–water partition coefficient (Wildman–Crippen LogP) is 5.70. The second-order valence-electron chi connectivity index (χ2n) is 9.18. The Kier molecular flexibility index (Phi) is 9.26. The molecule has 3 aromatic rings. The maximum atomic E-state index is 13.5. The topological polar surface area (TPSA) is 78.3 Å². The highest BCUT2D eigenvalue weighted by atomic mass is 19.4. The van der Waals surface area contributed by atoms with Crippen molar-refractivity contribution in [2.75, 3.05) is 32.8 Å². The zero-order chi connectivity index (χ0) is 26.6. The van der Waals surface area contributed by atoms with Crippen molar-refractivity contribution < 1.29 is 22.7 Å². The molecule has 0 aliphatic carbocycles. The van der Waals surface area contributed by atoms with Crippen LogP contribution in [0, 0.1) is 18.3 Å². The van der Waals surface area contributed by atoms with Gasteiger partial charge in [-0.05, 0) is 67.4 Å². The summed E-state index contributed by atoms with van der Waals surface area (Å²) in [6.07, 6.45) is -2.90. The minimum absolute atomic E-state index is 0. The number of nitrogens with zero attached hydrogens (tertiary/aromatic N) is 3. The highest BCUT2D eigenvalue weighted by Crippen LogP contribution is 2.35. The molecule has 200 valence electrons. The number of benzene rings is 2. The van der Waals surface area contributed by atoms with Crippen LogP contribution >= 0.6 is 0 Å². The molecule has 1 fully saturated rings. The van der Waals surface area contributed by atoms with Crippen LogP contribution in [0.15, 0.2) is 54.7 Å². The number of nitrogens with one attached hydrogen (secondary N) is 1. The van der Waals surface area contributed by atoms with E-state index in [-0.39, 0.29) is 36.1 Å². The van der Waals surface area contributed by atoms with Crippen LogP contribution in [0.25, 0.3) is 22.4 Å². The molecule has 6 nitrogen and oxygen atoms in total. The molecule has 1 saturated heterocycles. The van der Waals surface area contributed by atoms with E-state index in [2.05, 4.69) is 15.2 Å². The Hall–Kier alpha value is -3.74. The monoisotopic (exact) mass is 524 g/mol. The van der Waals surface area contributed by atoms with Crippen LogP contribution in [0.5, 0.6) is 0 Å². The lowest BCUT2D eigenvalue weighted by Gasteiger charge is -2.29. The molecule has 1 atom stereocenters. The molecule has 1 aliphatic rings. The van der Waals surface area contributed by atoms with Crippen molar-refractivity contribution in [1.29, 1.82) is 5.26 Å². The van der Waals surface area contributed by atoms with Gasteiger partial charge in [0.25, 0.3) is 5.91 Å². The molecule has 1 aromatic heterocycles. The van der Waals surface area contributed by atoms with E-state index in [1.165, 1.54) is 6.07 Å². The fourth-order valence-corrected chi connectivity index (χ4v) is 4.28. The second-order valence-corrected chi connectivity index (χ2v) is 9.18. The van der Waals surface area contributed by atoms with Gasteiger partial charge in [-0.15, -0.1) is 0 Å². The van der Waals surface area contributed by atoms with E-state index in [9.17, 15) is 23.2 Å². The van der Waals surface area contributed by atoms with E-state index in [1.54, 1.807) is 24.4 Å². The average Bonchev–Trinajstić information content (AvgIpc) is 2.88. The fraction of sp³-hybridized carbons (Fsp3) is 0.345. The summed E-state index contributed by atoms with van der Waals surface area (Å²) in [6, 6.07) is 13.3. The maximum absolute atomic E-state index is 13.5. The summed E-state index contributed by atoms with van der Waals surface area (Å²) in [4.78, 5) is 19.9. The summed E-state index contributed by atoms with van der Waals surface area (Å²) in [5.41, 5.74) is 1.97. The van der Waals surface area contributed by atoms with Crippen molar-refractivity contribution in [2.45, 2.75) is 33.5 Å². The first-order valence-corrected chi connectivity index (χ1v) is 11.9. The predicted molar refractivity (Wildman–Crippen MR) is 140 cm³/mol. The molecule has 0 spiro atoms. The molecular formula is C29H31F3N4O2. The van der Waals surface area contributed by atoms with Gasteiger partial charge in [0.1, 0.15) is 0 Å². The summed E-state index contributed by atoms with van der Waals surface area (Å²) in [5.74, 6) is -0.360. The first-order chi connectivity index (χ1) is 17.6. The zero-order valence-corrected chi connectivity index (χ0v) is 20.6. The van der Waals surface area contributed by atoms with Crippen molar-refractivity contribution >= 4 is 5.91 Å². The lowest BCUT2D eigenvalue weighted by Crippen LogP contribution is -2.46. The molecule has 38 heavy (non-hydrogen) atoms. The van der Waals surface area contributed by atoms with E-state index in [1.807, 2.05) is 26.0 Å². The molecule has 9 heteroatoms. The lowest BCUT2D eigenvalue weighted by molar-refractivity contribution is -0.137. The quantitative estimate of drug-likeness (QED) is 0.448. The molecule has 1 aliphatic heterocycles. The second kappa shape index (κ2) is 12.2. The number of carbonyl (C=O) groups excluding carboxylic acids is 1. The average molecular weight is 525 g/mol. The van der Waals surface area contributed by atoms with Gasteiger partial charge in [0.2, 0.25) is 0 Å². The van der Waals surface area contributed by atoms with Gasteiger partial charge in [0.05, 0.1) is 36.1 Å². The zero-order valence-electron chi connectivity index (χ0n) is 20.6. The van der Waals surface area contributed by atoms with Crippen LogP contribution in [-0.2, 0) is 10.9 Å². The number of alkyl halides is 3. The SMILES string of the molecule is C.Cc1ccc(-c2cc(C(=O)N[C@H](C)CN3CCOCC3)cc(-c3cc(C(F)(F)F)ccc3C#N)c2)nc1. The first kappa shape index (κ1) is 28.8. The lowest BCUT2D eigenvalue weighted by atomic mass is 9.93. The number of aryl methyl sites for hydroxylation is 1. The third-order valence-corrected chi connectivity index (χ3v) is 6.19. The maximum Gasteiger partial charge on any atom is 0.416 e. The third-order valence-electron chi connectivity index (χ3n) is 6.19. The molecule has 0 unspecified atom stereocenters. The van der Waals surface area contributed by atoms with E-state index in [4.69, 9.17) is 4.74 Å².